The van der Waals surface area contributed by atoms with Crippen molar-refractivity contribution in [3.05, 3.63) is 29.5 Å². The number of nitrogens with one attached hydrogen (secondary N) is 1. The molecule has 0 fully saturated rings. The van der Waals surface area contributed by atoms with Crippen LogP contribution < -0.4 is 11.1 Å². The van der Waals surface area contributed by atoms with Crippen molar-refractivity contribution in [2.24, 2.45) is 12.8 Å². The second-order valence-electron chi connectivity index (χ2n) is 4.52. The fourth-order valence-electron chi connectivity index (χ4n) is 1.61. The summed E-state index contributed by atoms with van der Waals surface area (Å²) in [6, 6.07) is 4.50. The summed E-state index contributed by atoms with van der Waals surface area (Å²) >= 11 is 7.63. The fraction of sp³-hybridized carbons (Fsp3) is 0.308. The summed E-state index contributed by atoms with van der Waals surface area (Å²) in [4.78, 5) is 12.6. The molecule has 0 saturated heterocycles. The Bertz CT molecular complexity index is 664. The molecular formula is C13H16ClN5O2S. The molecular weight excluding hydrogens is 326 g/mol. The first-order valence-corrected chi connectivity index (χ1v) is 7.57. The van der Waals surface area contributed by atoms with E-state index in [1.807, 2.05) is 7.05 Å². The molecule has 1 aromatic carbocycles. The van der Waals surface area contributed by atoms with Crippen molar-refractivity contribution >= 4 is 35.0 Å². The van der Waals surface area contributed by atoms with Crippen molar-refractivity contribution < 1.29 is 9.53 Å². The number of aromatic nitrogens is 3. The van der Waals surface area contributed by atoms with Gasteiger partial charge in [-0.3, -0.25) is 4.79 Å². The Kier molecular flexibility index (Phi) is 5.78. The minimum absolute atomic E-state index is 0.152. The first-order valence-electron chi connectivity index (χ1n) is 6.38. The molecule has 1 heterocycles. The quantitative estimate of drug-likeness (QED) is 0.827. The van der Waals surface area contributed by atoms with Gasteiger partial charge in [-0.1, -0.05) is 11.6 Å². The van der Waals surface area contributed by atoms with Crippen LogP contribution in [0.5, 0.6) is 0 Å². The number of carbonyl (C=O) groups is 1. The summed E-state index contributed by atoms with van der Waals surface area (Å²) in [6.45, 7) is 0.152. The number of ether oxygens (including phenoxy) is 1. The highest BCUT2D eigenvalue weighted by Gasteiger charge is 2.14. The summed E-state index contributed by atoms with van der Waals surface area (Å²) in [5.41, 5.74) is 6.23. The number of methoxy groups -OCH3 is 1. The summed E-state index contributed by atoms with van der Waals surface area (Å²) in [5.74, 6) is -0.327. The van der Waals surface area contributed by atoms with E-state index in [1.54, 1.807) is 29.1 Å². The van der Waals surface area contributed by atoms with Gasteiger partial charge in [-0.2, -0.15) is 0 Å². The van der Waals surface area contributed by atoms with Crippen molar-refractivity contribution in [1.29, 1.82) is 0 Å². The van der Waals surface area contributed by atoms with E-state index in [1.165, 1.54) is 18.9 Å². The third-order valence-electron chi connectivity index (χ3n) is 2.75. The van der Waals surface area contributed by atoms with Crippen LogP contribution in [0.2, 0.25) is 5.02 Å². The Morgan fingerprint density at radius 1 is 1.59 bits per heavy atom. The second-order valence-corrected chi connectivity index (χ2v) is 5.94. The van der Waals surface area contributed by atoms with Crippen LogP contribution in [0.25, 0.3) is 0 Å². The number of aryl methyl sites for hydroxylation is 1. The lowest BCUT2D eigenvalue weighted by molar-refractivity contribution is -0.118. The normalized spacial score (nSPS) is 12.2. The zero-order valence-corrected chi connectivity index (χ0v) is 13.7. The third kappa shape index (κ3) is 4.20. The van der Waals surface area contributed by atoms with E-state index < -0.39 is 6.04 Å². The number of benzene rings is 1. The van der Waals surface area contributed by atoms with Crippen LogP contribution in [0.15, 0.2) is 34.6 Å². The zero-order chi connectivity index (χ0) is 16.1. The molecule has 1 amide bonds. The number of anilines is 1. The van der Waals surface area contributed by atoms with Crippen LogP contribution in [-0.2, 0) is 16.6 Å². The SMILES string of the molecule is COCC(N)C(=O)Nc1ccc(Sc2nncn2C)c(Cl)c1. The number of hydrogen-bond donors (Lipinski definition) is 2. The summed E-state index contributed by atoms with van der Waals surface area (Å²) < 4.78 is 6.64. The summed E-state index contributed by atoms with van der Waals surface area (Å²) in [6.07, 6.45) is 1.61. The summed E-state index contributed by atoms with van der Waals surface area (Å²) in [5, 5.41) is 11.7. The molecule has 22 heavy (non-hydrogen) atoms. The van der Waals surface area contributed by atoms with Crippen LogP contribution in [0, 0.1) is 0 Å². The average Bonchev–Trinajstić information content (AvgIpc) is 2.87. The van der Waals surface area contributed by atoms with Crippen LogP contribution in [0.4, 0.5) is 5.69 Å². The minimum Gasteiger partial charge on any atom is -0.383 e. The first kappa shape index (κ1) is 16.8. The smallest absolute Gasteiger partial charge is 0.243 e. The van der Waals surface area contributed by atoms with Gasteiger partial charge in [-0.05, 0) is 30.0 Å². The average molecular weight is 342 g/mol. The van der Waals surface area contributed by atoms with Gasteiger partial charge >= 0.3 is 0 Å². The maximum atomic E-state index is 11.8. The van der Waals surface area contributed by atoms with Gasteiger partial charge in [0.1, 0.15) is 12.4 Å². The predicted octanol–water partition coefficient (Wildman–Crippen LogP) is 1.53. The molecule has 0 aliphatic rings. The van der Waals surface area contributed by atoms with E-state index in [9.17, 15) is 4.79 Å². The van der Waals surface area contributed by atoms with E-state index in [0.717, 1.165) is 10.1 Å². The molecule has 0 saturated carbocycles. The molecule has 0 bridgehead atoms. The lowest BCUT2D eigenvalue weighted by Crippen LogP contribution is -2.39. The van der Waals surface area contributed by atoms with E-state index in [-0.39, 0.29) is 12.5 Å². The standard InChI is InChI=1S/C13H16ClN5O2S/c1-19-7-16-18-13(19)22-11-4-3-8(5-9(11)14)17-12(20)10(15)6-21-2/h3-5,7,10H,6,15H2,1-2H3,(H,17,20). The first-order chi connectivity index (χ1) is 10.5. The lowest BCUT2D eigenvalue weighted by atomic mass is 10.2. The Morgan fingerprint density at radius 2 is 2.36 bits per heavy atom. The molecule has 2 rings (SSSR count). The molecule has 118 valence electrons. The number of carbonyl (C=O) groups excluding carboxylic acids is 1. The van der Waals surface area contributed by atoms with Gasteiger partial charge in [-0.15, -0.1) is 10.2 Å². The number of hydrogen-bond acceptors (Lipinski definition) is 6. The van der Waals surface area contributed by atoms with Gasteiger partial charge in [-0.25, -0.2) is 0 Å². The van der Waals surface area contributed by atoms with Crippen molar-refractivity contribution in [2.45, 2.75) is 16.1 Å². The Morgan fingerprint density at radius 3 is 2.95 bits per heavy atom. The summed E-state index contributed by atoms with van der Waals surface area (Å²) in [7, 11) is 3.34. The maximum Gasteiger partial charge on any atom is 0.243 e. The molecule has 0 aliphatic carbocycles. The fourth-order valence-corrected chi connectivity index (χ4v) is 2.68. The number of rotatable bonds is 6. The van der Waals surface area contributed by atoms with Crippen molar-refractivity contribution in [2.75, 3.05) is 19.0 Å². The Balaban J connectivity index is 2.06. The minimum atomic E-state index is -0.725. The van der Waals surface area contributed by atoms with E-state index in [0.29, 0.717) is 10.7 Å². The van der Waals surface area contributed by atoms with Gasteiger partial charge in [0.2, 0.25) is 5.91 Å². The monoisotopic (exact) mass is 341 g/mol. The molecule has 0 radical (unpaired) electrons. The van der Waals surface area contributed by atoms with Gasteiger partial charge in [0, 0.05) is 24.7 Å². The largest absolute Gasteiger partial charge is 0.383 e. The number of halogens is 1. The number of nitrogens with two attached hydrogens (primary N) is 1. The highest BCUT2D eigenvalue weighted by molar-refractivity contribution is 7.99. The van der Waals surface area contributed by atoms with E-state index in [2.05, 4.69) is 15.5 Å². The van der Waals surface area contributed by atoms with E-state index >= 15 is 0 Å². The van der Waals surface area contributed by atoms with Crippen LogP contribution in [0.3, 0.4) is 0 Å². The van der Waals surface area contributed by atoms with Crippen LogP contribution in [0.1, 0.15) is 0 Å². The topological polar surface area (TPSA) is 95.1 Å². The van der Waals surface area contributed by atoms with Gasteiger partial charge in [0.05, 0.1) is 11.6 Å². The molecule has 1 unspecified atom stereocenters. The molecule has 2 aromatic rings. The molecule has 3 N–H and O–H groups in total. The molecule has 0 aliphatic heterocycles. The molecule has 0 spiro atoms. The van der Waals surface area contributed by atoms with Crippen molar-refractivity contribution in [3.63, 3.8) is 0 Å². The highest BCUT2D eigenvalue weighted by atomic mass is 35.5. The molecule has 1 aromatic heterocycles. The molecule has 9 heteroatoms. The van der Waals surface area contributed by atoms with Gasteiger partial charge in [0.15, 0.2) is 5.16 Å². The van der Waals surface area contributed by atoms with E-state index in [4.69, 9.17) is 22.1 Å². The Hall–Kier alpha value is -1.61. The van der Waals surface area contributed by atoms with Gasteiger partial charge < -0.3 is 20.4 Å². The van der Waals surface area contributed by atoms with Crippen LogP contribution >= 0.6 is 23.4 Å². The molecule has 1 atom stereocenters. The van der Waals surface area contributed by atoms with Crippen molar-refractivity contribution in [3.8, 4) is 0 Å². The maximum absolute atomic E-state index is 11.8. The molecule has 7 nitrogen and oxygen atoms in total. The number of nitrogens with zero attached hydrogens (tertiary/aromatic N) is 3. The highest BCUT2D eigenvalue weighted by Crippen LogP contribution is 2.33. The van der Waals surface area contributed by atoms with Crippen molar-refractivity contribution in [1.82, 2.24) is 14.8 Å². The second kappa shape index (κ2) is 7.59. The Labute approximate surface area is 137 Å². The van der Waals surface area contributed by atoms with Gasteiger partial charge in [0.25, 0.3) is 0 Å². The number of amides is 1. The van der Waals surface area contributed by atoms with Crippen LogP contribution in [-0.4, -0.2) is 40.4 Å². The predicted molar refractivity (Wildman–Crippen MR) is 85.1 cm³/mol. The lowest BCUT2D eigenvalue weighted by Gasteiger charge is -2.12. The third-order valence-corrected chi connectivity index (χ3v) is 4.31. The zero-order valence-electron chi connectivity index (χ0n) is 12.1.